The van der Waals surface area contributed by atoms with Crippen molar-refractivity contribution in [3.8, 4) is 11.4 Å². The Bertz CT molecular complexity index is 1040. The molecule has 0 saturated carbocycles. The van der Waals surface area contributed by atoms with Gasteiger partial charge >= 0.3 is 6.03 Å². The number of hydrogen-bond acceptors (Lipinski definition) is 7. The molecule has 2 aromatic heterocycles. The van der Waals surface area contributed by atoms with E-state index in [1.165, 1.54) is 0 Å². The van der Waals surface area contributed by atoms with Crippen molar-refractivity contribution in [1.29, 1.82) is 0 Å². The minimum absolute atomic E-state index is 0.0667. The Morgan fingerprint density at radius 3 is 2.53 bits per heavy atom. The normalized spacial score (nSPS) is 27.2. The van der Waals surface area contributed by atoms with E-state index in [9.17, 15) is 14.4 Å². The van der Waals surface area contributed by atoms with Gasteiger partial charge in [-0.3, -0.25) is 25.2 Å². The van der Waals surface area contributed by atoms with E-state index in [2.05, 4.69) is 15.6 Å². The van der Waals surface area contributed by atoms with Crippen LogP contribution in [-0.2, 0) is 20.7 Å². The number of rotatable bonds is 1. The van der Waals surface area contributed by atoms with E-state index in [0.29, 0.717) is 23.6 Å². The second-order valence-corrected chi connectivity index (χ2v) is 8.01. The Hall–Kier alpha value is -3.33. The molecule has 9 heteroatoms. The van der Waals surface area contributed by atoms with Gasteiger partial charge < -0.3 is 9.64 Å². The molecule has 1 spiro atoms. The number of imide groups is 2. The van der Waals surface area contributed by atoms with Crippen LogP contribution in [0.25, 0.3) is 11.4 Å². The first-order valence-corrected chi connectivity index (χ1v) is 9.90. The summed E-state index contributed by atoms with van der Waals surface area (Å²) in [6.07, 6.45) is 1.26. The third kappa shape index (κ3) is 2.62. The van der Waals surface area contributed by atoms with Crippen molar-refractivity contribution < 1.29 is 19.1 Å². The van der Waals surface area contributed by atoms with Gasteiger partial charge in [-0.15, -0.1) is 0 Å². The van der Waals surface area contributed by atoms with Gasteiger partial charge in [0, 0.05) is 19.2 Å². The van der Waals surface area contributed by atoms with Crippen molar-refractivity contribution in [3.05, 3.63) is 42.2 Å². The number of amides is 4. The number of barbiturate groups is 1. The first-order chi connectivity index (χ1) is 14.4. The van der Waals surface area contributed by atoms with Crippen LogP contribution in [0, 0.1) is 5.41 Å². The van der Waals surface area contributed by atoms with Crippen molar-refractivity contribution >= 4 is 23.5 Å². The van der Waals surface area contributed by atoms with E-state index in [1.54, 1.807) is 6.20 Å². The molecular weight excluding hydrogens is 386 g/mol. The van der Waals surface area contributed by atoms with Gasteiger partial charge in [-0.2, -0.15) is 0 Å². The number of hydrogen-bond donors (Lipinski definition) is 2. The van der Waals surface area contributed by atoms with E-state index < -0.39 is 35.4 Å². The van der Waals surface area contributed by atoms with E-state index >= 15 is 0 Å². The Kier molecular flexibility index (Phi) is 4.11. The molecule has 30 heavy (non-hydrogen) atoms. The molecule has 0 aromatic carbocycles. The van der Waals surface area contributed by atoms with Crippen LogP contribution in [0.4, 0.5) is 10.5 Å². The zero-order valence-corrected chi connectivity index (χ0v) is 16.6. The number of urea groups is 1. The van der Waals surface area contributed by atoms with Crippen LogP contribution < -0.4 is 15.5 Å². The lowest BCUT2D eigenvalue weighted by Crippen LogP contribution is -2.75. The number of nitrogens with one attached hydrogen (secondary N) is 2. The standard InChI is InChI=1S/C21H21N5O4/c1-11-10-26-16-7-6-14(13-5-3-4-8-22-13)23-15(16)9-21(17(26)12(2)30-11)18(27)24-20(29)25-19(21)28/h3-8,11-12,17H,9-10H2,1-2H3,(H2,24,25,27,28,29)/t11-,12+,17-/m1/s1. The Labute approximate surface area is 172 Å². The fourth-order valence-corrected chi connectivity index (χ4v) is 4.95. The molecule has 5 heterocycles. The molecule has 3 aliphatic heterocycles. The smallest absolute Gasteiger partial charge is 0.328 e. The molecular formula is C21H21N5O4. The first kappa shape index (κ1) is 18.7. The number of aromatic nitrogens is 2. The third-order valence-corrected chi connectivity index (χ3v) is 6.08. The molecule has 4 amide bonds. The lowest BCUT2D eigenvalue weighted by molar-refractivity contribution is -0.153. The van der Waals surface area contributed by atoms with Crippen LogP contribution in [0.1, 0.15) is 19.5 Å². The molecule has 3 atom stereocenters. The molecule has 0 aliphatic carbocycles. The second-order valence-electron chi connectivity index (χ2n) is 8.01. The maximum absolute atomic E-state index is 13.1. The van der Waals surface area contributed by atoms with E-state index in [-0.39, 0.29) is 12.5 Å². The Morgan fingerprint density at radius 2 is 1.83 bits per heavy atom. The molecule has 0 bridgehead atoms. The molecule has 3 aliphatic rings. The van der Waals surface area contributed by atoms with Crippen LogP contribution >= 0.6 is 0 Å². The molecule has 2 aromatic rings. The average Bonchev–Trinajstić information content (AvgIpc) is 2.71. The summed E-state index contributed by atoms with van der Waals surface area (Å²) in [5.41, 5.74) is 1.33. The van der Waals surface area contributed by atoms with Crippen molar-refractivity contribution in [2.75, 3.05) is 11.4 Å². The monoisotopic (exact) mass is 407 g/mol. The third-order valence-electron chi connectivity index (χ3n) is 6.08. The van der Waals surface area contributed by atoms with Crippen molar-refractivity contribution in [3.63, 3.8) is 0 Å². The van der Waals surface area contributed by atoms with Crippen molar-refractivity contribution in [2.45, 2.75) is 38.5 Å². The predicted octanol–water partition coefficient (Wildman–Crippen LogP) is 1.03. The average molecular weight is 407 g/mol. The molecule has 0 radical (unpaired) electrons. The van der Waals surface area contributed by atoms with Crippen LogP contribution in [0.2, 0.25) is 0 Å². The fraction of sp³-hybridized carbons (Fsp3) is 0.381. The summed E-state index contributed by atoms with van der Waals surface area (Å²) >= 11 is 0. The molecule has 5 rings (SSSR count). The Morgan fingerprint density at radius 1 is 1.07 bits per heavy atom. The van der Waals surface area contributed by atoms with Gasteiger partial charge in [0.15, 0.2) is 5.41 Å². The van der Waals surface area contributed by atoms with E-state index in [4.69, 9.17) is 9.72 Å². The van der Waals surface area contributed by atoms with Gasteiger partial charge in [-0.05, 0) is 38.1 Å². The highest BCUT2D eigenvalue weighted by Gasteiger charge is 2.63. The number of fused-ring (bicyclic) bond motifs is 4. The largest absolute Gasteiger partial charge is 0.372 e. The van der Waals surface area contributed by atoms with Crippen LogP contribution in [-0.4, -0.2) is 52.6 Å². The maximum atomic E-state index is 13.1. The van der Waals surface area contributed by atoms with Gasteiger partial charge in [0.25, 0.3) is 0 Å². The van der Waals surface area contributed by atoms with Crippen LogP contribution in [0.5, 0.6) is 0 Å². The highest BCUT2D eigenvalue weighted by Crippen LogP contribution is 2.46. The van der Waals surface area contributed by atoms with E-state index in [0.717, 1.165) is 5.69 Å². The lowest BCUT2D eigenvalue weighted by Gasteiger charge is -2.55. The summed E-state index contributed by atoms with van der Waals surface area (Å²) in [5, 5.41) is 4.56. The van der Waals surface area contributed by atoms with Gasteiger partial charge in [-0.1, -0.05) is 6.07 Å². The highest BCUT2D eigenvalue weighted by molar-refractivity contribution is 6.20. The quantitative estimate of drug-likeness (QED) is 0.679. The minimum atomic E-state index is -1.52. The molecule has 154 valence electrons. The van der Waals surface area contributed by atoms with E-state index in [1.807, 2.05) is 49.1 Å². The van der Waals surface area contributed by atoms with Crippen molar-refractivity contribution in [2.24, 2.45) is 5.41 Å². The number of carbonyl (C=O) groups excluding carboxylic acids is 3. The molecule has 9 nitrogen and oxygen atoms in total. The van der Waals surface area contributed by atoms with Crippen molar-refractivity contribution in [1.82, 2.24) is 20.6 Å². The summed E-state index contributed by atoms with van der Waals surface area (Å²) in [6.45, 7) is 4.31. The zero-order chi connectivity index (χ0) is 21.0. The summed E-state index contributed by atoms with van der Waals surface area (Å²) in [6, 6.07) is 8.05. The summed E-state index contributed by atoms with van der Waals surface area (Å²) in [7, 11) is 0. The Balaban J connectivity index is 1.68. The number of morpholine rings is 1. The van der Waals surface area contributed by atoms with Crippen LogP contribution in [0.15, 0.2) is 36.5 Å². The number of nitrogens with zero attached hydrogens (tertiary/aromatic N) is 3. The minimum Gasteiger partial charge on any atom is -0.372 e. The fourth-order valence-electron chi connectivity index (χ4n) is 4.95. The number of anilines is 1. The topological polar surface area (TPSA) is 114 Å². The lowest BCUT2D eigenvalue weighted by atomic mass is 9.67. The molecule has 2 saturated heterocycles. The number of ether oxygens (including phenoxy) is 1. The zero-order valence-electron chi connectivity index (χ0n) is 16.6. The summed E-state index contributed by atoms with van der Waals surface area (Å²) in [4.78, 5) is 49.2. The maximum Gasteiger partial charge on any atom is 0.328 e. The second kappa shape index (κ2) is 6.60. The molecule has 2 N–H and O–H groups in total. The van der Waals surface area contributed by atoms with Crippen LogP contribution in [0.3, 0.4) is 0 Å². The SMILES string of the molecule is C[C@@H]1CN2c3ccc(-c4ccccn4)nc3CC3(C(=O)NC(=O)NC3=O)[C@H]2[C@H](C)O1. The highest BCUT2D eigenvalue weighted by atomic mass is 16.5. The number of pyridine rings is 2. The number of carbonyl (C=O) groups is 3. The molecule has 0 unspecified atom stereocenters. The van der Waals surface area contributed by atoms with Gasteiger partial charge in [0.05, 0.1) is 41.0 Å². The predicted molar refractivity (Wildman–Crippen MR) is 106 cm³/mol. The first-order valence-electron chi connectivity index (χ1n) is 9.90. The summed E-state index contributed by atoms with van der Waals surface area (Å²) in [5.74, 6) is -1.24. The molecule has 2 fully saturated rings. The van der Waals surface area contributed by atoms with Gasteiger partial charge in [0.1, 0.15) is 0 Å². The van der Waals surface area contributed by atoms with Gasteiger partial charge in [-0.25, -0.2) is 9.78 Å². The van der Waals surface area contributed by atoms with Gasteiger partial charge in [0.2, 0.25) is 11.8 Å². The summed E-state index contributed by atoms with van der Waals surface area (Å²) < 4.78 is 6.00.